The van der Waals surface area contributed by atoms with Crippen molar-refractivity contribution in [2.24, 2.45) is 5.73 Å². The minimum absolute atomic E-state index is 0.0550. The van der Waals surface area contributed by atoms with Gasteiger partial charge >= 0.3 is 0 Å². The molecule has 0 unspecified atom stereocenters. The molecular weight excluding hydrogens is 268 g/mol. The van der Waals surface area contributed by atoms with Gasteiger partial charge in [-0.15, -0.1) is 11.8 Å². The summed E-state index contributed by atoms with van der Waals surface area (Å²) in [6.07, 6.45) is 2.01. The van der Waals surface area contributed by atoms with E-state index in [1.54, 1.807) is 11.8 Å². The number of hydrogen-bond acceptors (Lipinski definition) is 3. The summed E-state index contributed by atoms with van der Waals surface area (Å²) in [6.45, 7) is 1.06. The van der Waals surface area contributed by atoms with E-state index in [0.29, 0.717) is 18.7 Å². The highest BCUT2D eigenvalue weighted by atomic mass is 32.2. The lowest BCUT2D eigenvalue weighted by Gasteiger charge is -2.06. The second kappa shape index (κ2) is 7.12. The van der Waals surface area contributed by atoms with Crippen LogP contribution in [-0.4, -0.2) is 12.2 Å². The monoisotopic (exact) mass is 286 g/mol. The molecule has 1 amide bonds. The number of rotatable bonds is 5. The first-order valence-electron chi connectivity index (χ1n) is 6.43. The molecule has 2 rings (SSSR count). The van der Waals surface area contributed by atoms with E-state index in [2.05, 4.69) is 5.32 Å². The van der Waals surface area contributed by atoms with Gasteiger partial charge in [0, 0.05) is 23.5 Å². The van der Waals surface area contributed by atoms with Crippen molar-refractivity contribution in [2.75, 3.05) is 6.26 Å². The Bertz CT molecular complexity index is 564. The van der Waals surface area contributed by atoms with Crippen molar-refractivity contribution in [3.8, 4) is 0 Å². The molecule has 104 valence electrons. The van der Waals surface area contributed by atoms with Crippen LogP contribution in [0.1, 0.15) is 21.5 Å². The molecule has 0 saturated carbocycles. The molecule has 0 saturated heterocycles. The van der Waals surface area contributed by atoms with Gasteiger partial charge in [-0.1, -0.05) is 24.3 Å². The van der Waals surface area contributed by atoms with Crippen molar-refractivity contribution in [3.63, 3.8) is 0 Å². The average Bonchev–Trinajstić information content (AvgIpc) is 2.53. The van der Waals surface area contributed by atoms with Gasteiger partial charge in [-0.2, -0.15) is 0 Å². The third-order valence-electron chi connectivity index (χ3n) is 3.06. The zero-order chi connectivity index (χ0) is 14.4. The summed E-state index contributed by atoms with van der Waals surface area (Å²) < 4.78 is 0. The quantitative estimate of drug-likeness (QED) is 0.831. The Hall–Kier alpha value is -1.78. The summed E-state index contributed by atoms with van der Waals surface area (Å²) in [4.78, 5) is 13.2. The molecule has 20 heavy (non-hydrogen) atoms. The molecule has 3 nitrogen and oxygen atoms in total. The van der Waals surface area contributed by atoms with Gasteiger partial charge in [-0.25, -0.2) is 0 Å². The summed E-state index contributed by atoms with van der Waals surface area (Å²) in [5.41, 5.74) is 8.39. The van der Waals surface area contributed by atoms with Crippen molar-refractivity contribution >= 4 is 17.7 Å². The number of carbonyl (C=O) groups is 1. The fourth-order valence-electron chi connectivity index (χ4n) is 1.82. The molecular formula is C16H18N2OS. The van der Waals surface area contributed by atoms with Gasteiger partial charge in [0.1, 0.15) is 0 Å². The molecule has 0 aliphatic heterocycles. The summed E-state index contributed by atoms with van der Waals surface area (Å²) >= 11 is 1.66. The van der Waals surface area contributed by atoms with Crippen molar-refractivity contribution in [1.82, 2.24) is 5.32 Å². The Morgan fingerprint density at radius 3 is 2.20 bits per heavy atom. The van der Waals surface area contributed by atoms with Gasteiger partial charge in [-0.05, 0) is 41.6 Å². The van der Waals surface area contributed by atoms with Gasteiger partial charge in [0.2, 0.25) is 0 Å². The fourth-order valence-corrected chi connectivity index (χ4v) is 2.23. The molecule has 0 radical (unpaired) electrons. The second-order valence-electron chi connectivity index (χ2n) is 4.43. The topological polar surface area (TPSA) is 55.1 Å². The Balaban J connectivity index is 1.93. The largest absolute Gasteiger partial charge is 0.348 e. The number of carbonyl (C=O) groups excluding carboxylic acids is 1. The number of amides is 1. The maximum absolute atomic E-state index is 12.0. The minimum atomic E-state index is -0.0550. The van der Waals surface area contributed by atoms with Crippen molar-refractivity contribution in [1.29, 1.82) is 0 Å². The predicted octanol–water partition coefficient (Wildman–Crippen LogP) is 2.80. The fraction of sp³-hybridized carbons (Fsp3) is 0.188. The Morgan fingerprint density at radius 2 is 1.65 bits per heavy atom. The number of nitrogens with one attached hydrogen (secondary N) is 1. The minimum Gasteiger partial charge on any atom is -0.348 e. The molecule has 2 aromatic rings. The van der Waals surface area contributed by atoms with E-state index in [1.807, 2.05) is 54.8 Å². The summed E-state index contributed by atoms with van der Waals surface area (Å²) in [5.74, 6) is -0.0550. The molecule has 0 aliphatic carbocycles. The SMILES string of the molecule is CSc1ccc(C(=O)NCc2ccc(CN)cc2)cc1. The second-order valence-corrected chi connectivity index (χ2v) is 5.31. The van der Waals surface area contributed by atoms with Crippen LogP contribution < -0.4 is 11.1 Å². The number of benzene rings is 2. The molecule has 0 heterocycles. The van der Waals surface area contributed by atoms with Crippen LogP contribution >= 0.6 is 11.8 Å². The van der Waals surface area contributed by atoms with Gasteiger partial charge in [0.05, 0.1) is 0 Å². The van der Waals surface area contributed by atoms with Gasteiger partial charge in [-0.3, -0.25) is 4.79 Å². The number of nitrogens with two attached hydrogens (primary N) is 1. The lowest BCUT2D eigenvalue weighted by Crippen LogP contribution is -2.22. The molecule has 0 spiro atoms. The zero-order valence-electron chi connectivity index (χ0n) is 11.4. The molecule has 4 heteroatoms. The molecule has 0 aliphatic rings. The van der Waals surface area contributed by atoms with Crippen LogP contribution in [-0.2, 0) is 13.1 Å². The van der Waals surface area contributed by atoms with Gasteiger partial charge in [0.15, 0.2) is 0 Å². The average molecular weight is 286 g/mol. The van der Waals surface area contributed by atoms with Crippen LogP contribution in [0.2, 0.25) is 0 Å². The van der Waals surface area contributed by atoms with E-state index in [9.17, 15) is 4.79 Å². The summed E-state index contributed by atoms with van der Waals surface area (Å²) in [6, 6.07) is 15.5. The zero-order valence-corrected chi connectivity index (χ0v) is 12.2. The summed E-state index contributed by atoms with van der Waals surface area (Å²) in [7, 11) is 0. The van der Waals surface area contributed by atoms with Crippen LogP contribution in [0.25, 0.3) is 0 Å². The maximum atomic E-state index is 12.0. The molecule has 3 N–H and O–H groups in total. The highest BCUT2D eigenvalue weighted by molar-refractivity contribution is 7.98. The van der Waals surface area contributed by atoms with Crippen LogP contribution in [0.3, 0.4) is 0 Å². The van der Waals surface area contributed by atoms with E-state index < -0.39 is 0 Å². The van der Waals surface area contributed by atoms with Crippen LogP contribution in [0.15, 0.2) is 53.4 Å². The van der Waals surface area contributed by atoms with E-state index in [0.717, 1.165) is 16.0 Å². The van der Waals surface area contributed by atoms with E-state index in [4.69, 9.17) is 5.73 Å². The predicted molar refractivity (Wildman–Crippen MR) is 83.7 cm³/mol. The first-order chi connectivity index (χ1) is 9.72. The molecule has 0 bridgehead atoms. The third-order valence-corrected chi connectivity index (χ3v) is 3.81. The normalized spacial score (nSPS) is 10.3. The van der Waals surface area contributed by atoms with Crippen LogP contribution in [0.4, 0.5) is 0 Å². The van der Waals surface area contributed by atoms with E-state index >= 15 is 0 Å². The smallest absolute Gasteiger partial charge is 0.251 e. The lowest BCUT2D eigenvalue weighted by atomic mass is 10.1. The number of hydrogen-bond donors (Lipinski definition) is 2. The van der Waals surface area contributed by atoms with Crippen LogP contribution in [0.5, 0.6) is 0 Å². The lowest BCUT2D eigenvalue weighted by molar-refractivity contribution is 0.0951. The van der Waals surface area contributed by atoms with Crippen LogP contribution in [0, 0.1) is 0 Å². The first-order valence-corrected chi connectivity index (χ1v) is 7.65. The Labute approximate surface area is 123 Å². The molecule has 0 fully saturated rings. The summed E-state index contributed by atoms with van der Waals surface area (Å²) in [5, 5.41) is 2.91. The Kier molecular flexibility index (Phi) is 5.21. The van der Waals surface area contributed by atoms with Crippen molar-refractivity contribution < 1.29 is 4.79 Å². The molecule has 0 aromatic heterocycles. The first kappa shape index (κ1) is 14.6. The number of thioether (sulfide) groups is 1. The van der Waals surface area contributed by atoms with Gasteiger partial charge < -0.3 is 11.1 Å². The molecule has 2 aromatic carbocycles. The maximum Gasteiger partial charge on any atom is 0.251 e. The third kappa shape index (κ3) is 3.85. The molecule has 0 atom stereocenters. The highest BCUT2D eigenvalue weighted by Crippen LogP contribution is 2.14. The standard InChI is InChI=1S/C16H18N2OS/c1-20-15-8-6-14(7-9-15)16(19)18-11-13-4-2-12(10-17)3-5-13/h2-9H,10-11,17H2,1H3,(H,18,19). The Morgan fingerprint density at radius 1 is 1.05 bits per heavy atom. The van der Waals surface area contributed by atoms with Crippen molar-refractivity contribution in [3.05, 3.63) is 65.2 Å². The van der Waals surface area contributed by atoms with E-state index in [1.165, 1.54) is 0 Å². The van der Waals surface area contributed by atoms with Gasteiger partial charge in [0.25, 0.3) is 5.91 Å². The van der Waals surface area contributed by atoms with E-state index in [-0.39, 0.29) is 5.91 Å². The van der Waals surface area contributed by atoms with Crippen molar-refractivity contribution in [2.45, 2.75) is 18.0 Å². The highest BCUT2D eigenvalue weighted by Gasteiger charge is 2.05.